The monoisotopic (exact) mass is 252 g/mol. The lowest BCUT2D eigenvalue weighted by atomic mass is 10.2. The molecule has 0 radical (unpaired) electrons. The van der Waals surface area contributed by atoms with Crippen molar-refractivity contribution in [2.24, 2.45) is 0 Å². The van der Waals surface area contributed by atoms with Crippen LogP contribution in [0.25, 0.3) is 0 Å². The highest BCUT2D eigenvalue weighted by Gasteiger charge is 2.16. The van der Waals surface area contributed by atoms with Crippen molar-refractivity contribution >= 4 is 23.4 Å². The van der Waals surface area contributed by atoms with Crippen molar-refractivity contribution in [1.29, 1.82) is 0 Å². The Morgan fingerprint density at radius 1 is 1.47 bits per heavy atom. The van der Waals surface area contributed by atoms with Crippen molar-refractivity contribution < 1.29 is 9.90 Å². The molecule has 1 amide bonds. The maximum atomic E-state index is 11.7. The zero-order valence-electron chi connectivity index (χ0n) is 9.48. The minimum absolute atomic E-state index is 0.00990. The highest BCUT2D eigenvalue weighted by atomic mass is 32.2. The van der Waals surface area contributed by atoms with Crippen LogP contribution in [0.1, 0.15) is 6.42 Å². The van der Waals surface area contributed by atoms with Crippen LogP contribution in [0.5, 0.6) is 5.75 Å². The molecule has 0 bridgehead atoms. The van der Waals surface area contributed by atoms with Crippen LogP contribution >= 0.6 is 11.8 Å². The number of nitrogens with one attached hydrogen (secondary N) is 2. The summed E-state index contributed by atoms with van der Waals surface area (Å²) in [5.41, 5.74) is 0.719. The van der Waals surface area contributed by atoms with Gasteiger partial charge in [0.15, 0.2) is 0 Å². The minimum Gasteiger partial charge on any atom is -0.508 e. The first-order chi connectivity index (χ1) is 8.24. The van der Waals surface area contributed by atoms with Gasteiger partial charge in [-0.1, -0.05) is 0 Å². The Balaban J connectivity index is 1.82. The van der Waals surface area contributed by atoms with E-state index in [0.717, 1.165) is 23.7 Å². The van der Waals surface area contributed by atoms with Crippen molar-refractivity contribution in [3.63, 3.8) is 0 Å². The van der Waals surface area contributed by atoms with E-state index >= 15 is 0 Å². The van der Waals surface area contributed by atoms with Crippen LogP contribution in [0.2, 0.25) is 0 Å². The standard InChI is InChI=1S/C12H16N2O2S/c15-11-3-1-9(2-4-11)14-12(16)7-10-8-17-6-5-13-10/h1-4,10,13,15H,5-8H2,(H,14,16). The third kappa shape index (κ3) is 3.94. The van der Waals surface area contributed by atoms with Gasteiger partial charge in [0.25, 0.3) is 0 Å². The Kier molecular flexibility index (Phi) is 4.28. The number of rotatable bonds is 3. The number of hydrogen-bond donors (Lipinski definition) is 3. The molecule has 0 aliphatic carbocycles. The number of aromatic hydroxyl groups is 1. The predicted octanol–water partition coefficient (Wildman–Crippen LogP) is 1.43. The summed E-state index contributed by atoms with van der Waals surface area (Å²) >= 11 is 1.88. The Bertz CT molecular complexity index is 375. The van der Waals surface area contributed by atoms with Crippen molar-refractivity contribution in [2.75, 3.05) is 23.4 Å². The van der Waals surface area contributed by atoms with Gasteiger partial charge in [-0.25, -0.2) is 0 Å². The summed E-state index contributed by atoms with van der Waals surface area (Å²) < 4.78 is 0. The van der Waals surface area contributed by atoms with E-state index < -0.39 is 0 Å². The third-order valence-corrected chi connectivity index (χ3v) is 3.71. The van der Waals surface area contributed by atoms with Crippen LogP contribution in [0.3, 0.4) is 0 Å². The molecular weight excluding hydrogens is 236 g/mol. The molecule has 5 heteroatoms. The first-order valence-electron chi connectivity index (χ1n) is 5.64. The first kappa shape index (κ1) is 12.3. The topological polar surface area (TPSA) is 61.4 Å². The van der Waals surface area contributed by atoms with Crippen LogP contribution in [-0.4, -0.2) is 35.1 Å². The fourth-order valence-corrected chi connectivity index (χ4v) is 2.68. The zero-order chi connectivity index (χ0) is 12.1. The van der Waals surface area contributed by atoms with Gasteiger partial charge in [0.2, 0.25) is 5.91 Å². The molecule has 1 heterocycles. The Hall–Kier alpha value is -1.20. The fraction of sp³-hybridized carbons (Fsp3) is 0.417. The van der Waals surface area contributed by atoms with Gasteiger partial charge in [0.1, 0.15) is 5.75 Å². The fourth-order valence-electron chi connectivity index (χ4n) is 1.73. The van der Waals surface area contributed by atoms with Crippen molar-refractivity contribution in [3.8, 4) is 5.75 Å². The molecule has 0 spiro atoms. The second-order valence-electron chi connectivity index (χ2n) is 4.03. The molecular formula is C12H16N2O2S. The van der Waals surface area contributed by atoms with Crippen LogP contribution in [0.15, 0.2) is 24.3 Å². The number of amides is 1. The van der Waals surface area contributed by atoms with Gasteiger partial charge in [-0.2, -0.15) is 11.8 Å². The average molecular weight is 252 g/mol. The number of phenolic OH excluding ortho intramolecular Hbond substituents is 1. The molecule has 3 N–H and O–H groups in total. The second kappa shape index (κ2) is 5.93. The van der Waals surface area contributed by atoms with E-state index in [2.05, 4.69) is 10.6 Å². The smallest absolute Gasteiger partial charge is 0.225 e. The summed E-state index contributed by atoms with van der Waals surface area (Å²) in [6.07, 6.45) is 0.494. The molecule has 4 nitrogen and oxygen atoms in total. The number of hydrogen-bond acceptors (Lipinski definition) is 4. The van der Waals surface area contributed by atoms with E-state index in [0.29, 0.717) is 6.42 Å². The molecule has 2 rings (SSSR count). The van der Waals surface area contributed by atoms with Crippen LogP contribution in [-0.2, 0) is 4.79 Å². The molecule has 0 aromatic heterocycles. The SMILES string of the molecule is O=C(CC1CSCCN1)Nc1ccc(O)cc1. The summed E-state index contributed by atoms with van der Waals surface area (Å²) in [5, 5.41) is 15.3. The summed E-state index contributed by atoms with van der Waals surface area (Å²) in [5.74, 6) is 2.32. The molecule has 1 unspecified atom stereocenters. The number of phenols is 1. The van der Waals surface area contributed by atoms with Crippen molar-refractivity contribution in [1.82, 2.24) is 5.32 Å². The summed E-state index contributed by atoms with van der Waals surface area (Å²) in [6.45, 7) is 0.974. The van der Waals surface area contributed by atoms with Crippen molar-refractivity contribution in [2.45, 2.75) is 12.5 Å². The number of thioether (sulfide) groups is 1. The van der Waals surface area contributed by atoms with E-state index in [4.69, 9.17) is 5.11 Å². The van der Waals surface area contributed by atoms with E-state index in [1.165, 1.54) is 0 Å². The molecule has 17 heavy (non-hydrogen) atoms. The number of carbonyl (C=O) groups is 1. The normalized spacial score (nSPS) is 19.9. The minimum atomic E-state index is 0.00990. The molecule has 1 fully saturated rings. The van der Waals surface area contributed by atoms with Crippen LogP contribution in [0.4, 0.5) is 5.69 Å². The van der Waals surface area contributed by atoms with Gasteiger partial charge in [0.05, 0.1) is 0 Å². The van der Waals surface area contributed by atoms with Gasteiger partial charge < -0.3 is 15.7 Å². The highest BCUT2D eigenvalue weighted by molar-refractivity contribution is 7.99. The second-order valence-corrected chi connectivity index (χ2v) is 5.17. The Morgan fingerprint density at radius 3 is 2.88 bits per heavy atom. The summed E-state index contributed by atoms with van der Waals surface area (Å²) in [7, 11) is 0. The van der Waals surface area contributed by atoms with Gasteiger partial charge in [-0.15, -0.1) is 0 Å². The average Bonchev–Trinajstić information content (AvgIpc) is 2.33. The van der Waals surface area contributed by atoms with Gasteiger partial charge in [-0.3, -0.25) is 4.79 Å². The molecule has 0 saturated carbocycles. The van der Waals surface area contributed by atoms with E-state index in [1.807, 2.05) is 11.8 Å². The van der Waals surface area contributed by atoms with Crippen molar-refractivity contribution in [3.05, 3.63) is 24.3 Å². The maximum Gasteiger partial charge on any atom is 0.225 e. The lowest BCUT2D eigenvalue weighted by Crippen LogP contribution is -2.39. The predicted molar refractivity (Wildman–Crippen MR) is 70.5 cm³/mol. The van der Waals surface area contributed by atoms with Gasteiger partial charge in [-0.05, 0) is 24.3 Å². The van der Waals surface area contributed by atoms with E-state index in [1.54, 1.807) is 24.3 Å². The molecule has 1 aromatic carbocycles. The third-order valence-electron chi connectivity index (χ3n) is 2.58. The zero-order valence-corrected chi connectivity index (χ0v) is 10.3. The lowest BCUT2D eigenvalue weighted by molar-refractivity contribution is -0.116. The number of anilines is 1. The summed E-state index contributed by atoms with van der Waals surface area (Å²) in [6, 6.07) is 6.77. The largest absolute Gasteiger partial charge is 0.508 e. The number of carbonyl (C=O) groups excluding carboxylic acids is 1. The number of benzene rings is 1. The van der Waals surface area contributed by atoms with Crippen LogP contribution < -0.4 is 10.6 Å². The Labute approximate surface area is 105 Å². The molecule has 1 aliphatic rings. The highest BCUT2D eigenvalue weighted by Crippen LogP contribution is 2.15. The van der Waals surface area contributed by atoms with E-state index in [-0.39, 0.29) is 17.7 Å². The first-order valence-corrected chi connectivity index (χ1v) is 6.79. The molecule has 1 aromatic rings. The van der Waals surface area contributed by atoms with E-state index in [9.17, 15) is 4.79 Å². The van der Waals surface area contributed by atoms with Crippen LogP contribution in [0, 0.1) is 0 Å². The molecule has 1 saturated heterocycles. The molecule has 1 aliphatic heterocycles. The quantitative estimate of drug-likeness (QED) is 0.712. The maximum absolute atomic E-state index is 11.7. The van der Waals surface area contributed by atoms with Gasteiger partial charge >= 0.3 is 0 Å². The molecule has 1 atom stereocenters. The summed E-state index contributed by atoms with van der Waals surface area (Å²) in [4.78, 5) is 11.7. The molecule has 92 valence electrons. The van der Waals surface area contributed by atoms with Gasteiger partial charge in [0, 0.05) is 36.2 Å². The lowest BCUT2D eigenvalue weighted by Gasteiger charge is -2.22. The Morgan fingerprint density at radius 2 is 2.24 bits per heavy atom.